The molecule has 0 amide bonds. The Kier molecular flexibility index (Phi) is 4.71. The zero-order valence-electron chi connectivity index (χ0n) is 16.8. The van der Waals surface area contributed by atoms with Gasteiger partial charge in [0, 0.05) is 24.6 Å². The topological polar surface area (TPSA) is 85.6 Å². The summed E-state index contributed by atoms with van der Waals surface area (Å²) >= 11 is 0. The summed E-state index contributed by atoms with van der Waals surface area (Å²) in [5, 5.41) is 11.8. The summed E-state index contributed by atoms with van der Waals surface area (Å²) in [5.74, 6) is 2.78. The highest BCUT2D eigenvalue weighted by Crippen LogP contribution is 2.43. The lowest BCUT2D eigenvalue weighted by Crippen LogP contribution is -2.38. The number of fused-ring (bicyclic) bond motifs is 1. The Morgan fingerprint density at radius 2 is 2.00 bits per heavy atom. The Balaban J connectivity index is 1.53. The fraction of sp³-hybridized carbons (Fsp3) is 0.476. The van der Waals surface area contributed by atoms with Gasteiger partial charge in [-0.15, -0.1) is 0 Å². The van der Waals surface area contributed by atoms with Crippen molar-refractivity contribution in [1.82, 2.24) is 24.9 Å². The Morgan fingerprint density at radius 3 is 2.72 bits per heavy atom. The molecule has 0 bridgehead atoms. The highest BCUT2D eigenvalue weighted by Gasteiger charge is 2.30. The van der Waals surface area contributed by atoms with Gasteiger partial charge in [0.1, 0.15) is 17.1 Å². The van der Waals surface area contributed by atoms with E-state index in [1.807, 2.05) is 28.9 Å². The average molecular weight is 394 g/mol. The van der Waals surface area contributed by atoms with Crippen LogP contribution in [0.15, 0.2) is 24.4 Å². The summed E-state index contributed by atoms with van der Waals surface area (Å²) in [7, 11) is 3.36. The number of methoxy groups -OCH3 is 2. The third kappa shape index (κ3) is 3.48. The molecule has 5 rings (SSSR count). The maximum absolute atomic E-state index is 5.54. The van der Waals surface area contributed by atoms with Crippen LogP contribution < -0.4 is 20.1 Å². The second-order valence-corrected chi connectivity index (χ2v) is 7.72. The van der Waals surface area contributed by atoms with Gasteiger partial charge in [-0.3, -0.25) is 0 Å². The third-order valence-corrected chi connectivity index (χ3v) is 5.65. The molecule has 2 fully saturated rings. The molecule has 29 heavy (non-hydrogen) atoms. The van der Waals surface area contributed by atoms with E-state index in [1.54, 1.807) is 14.2 Å². The number of piperidine rings is 1. The van der Waals surface area contributed by atoms with Crippen molar-refractivity contribution in [2.75, 3.05) is 32.6 Å². The van der Waals surface area contributed by atoms with Crippen LogP contribution in [0.25, 0.3) is 17.0 Å². The second kappa shape index (κ2) is 7.51. The maximum atomic E-state index is 5.54. The van der Waals surface area contributed by atoms with E-state index in [9.17, 15) is 0 Å². The van der Waals surface area contributed by atoms with E-state index in [4.69, 9.17) is 19.6 Å². The number of imidazole rings is 1. The number of rotatable bonds is 6. The normalized spacial score (nSPS) is 19.3. The number of pyridine rings is 1. The van der Waals surface area contributed by atoms with Gasteiger partial charge in [-0.2, -0.15) is 5.10 Å². The molecule has 4 heterocycles. The van der Waals surface area contributed by atoms with E-state index < -0.39 is 0 Å². The smallest absolute Gasteiger partial charge is 0.169 e. The number of nitrogens with one attached hydrogen (secondary N) is 2. The molecule has 3 aromatic heterocycles. The van der Waals surface area contributed by atoms with E-state index in [-0.39, 0.29) is 0 Å². The van der Waals surface area contributed by atoms with Crippen molar-refractivity contribution in [3.63, 3.8) is 0 Å². The molecule has 152 valence electrons. The second-order valence-electron chi connectivity index (χ2n) is 7.72. The zero-order valence-corrected chi connectivity index (χ0v) is 16.8. The largest absolute Gasteiger partial charge is 0.495 e. The van der Waals surface area contributed by atoms with Crippen LogP contribution in [0.3, 0.4) is 0 Å². The maximum Gasteiger partial charge on any atom is 0.169 e. The van der Waals surface area contributed by atoms with E-state index in [0.717, 1.165) is 78.8 Å². The SMILES string of the molecule is COc1ccc(-c2cnc3cc(OC)c(C4CC4)nn23)nc1NC1CCCNC1. The van der Waals surface area contributed by atoms with Crippen LogP contribution in [-0.2, 0) is 0 Å². The molecule has 0 radical (unpaired) electrons. The molecule has 1 atom stereocenters. The minimum Gasteiger partial charge on any atom is -0.495 e. The van der Waals surface area contributed by atoms with Gasteiger partial charge in [-0.05, 0) is 44.4 Å². The van der Waals surface area contributed by atoms with E-state index in [0.29, 0.717) is 12.0 Å². The van der Waals surface area contributed by atoms with Gasteiger partial charge >= 0.3 is 0 Å². The molecule has 1 aliphatic carbocycles. The van der Waals surface area contributed by atoms with Crippen LogP contribution in [0.4, 0.5) is 5.82 Å². The fourth-order valence-corrected chi connectivity index (χ4v) is 3.92. The molecule has 1 saturated heterocycles. The summed E-state index contributed by atoms with van der Waals surface area (Å²) in [5.41, 5.74) is 3.42. The average Bonchev–Trinajstić information content (AvgIpc) is 3.53. The first kappa shape index (κ1) is 18.2. The van der Waals surface area contributed by atoms with Gasteiger partial charge in [-0.1, -0.05) is 0 Å². The molecule has 8 nitrogen and oxygen atoms in total. The number of anilines is 1. The van der Waals surface area contributed by atoms with Crippen LogP contribution in [0, 0.1) is 0 Å². The fourth-order valence-electron chi connectivity index (χ4n) is 3.92. The Bertz CT molecular complexity index is 1020. The van der Waals surface area contributed by atoms with Crippen molar-refractivity contribution in [3.8, 4) is 22.9 Å². The van der Waals surface area contributed by atoms with Crippen molar-refractivity contribution in [2.45, 2.75) is 37.6 Å². The Labute approximate surface area is 169 Å². The quantitative estimate of drug-likeness (QED) is 0.665. The van der Waals surface area contributed by atoms with Gasteiger partial charge in [0.2, 0.25) is 0 Å². The van der Waals surface area contributed by atoms with Crippen molar-refractivity contribution in [1.29, 1.82) is 0 Å². The number of aromatic nitrogens is 4. The number of hydrogen-bond acceptors (Lipinski definition) is 7. The molecule has 1 saturated carbocycles. The van der Waals surface area contributed by atoms with Crippen molar-refractivity contribution >= 4 is 11.5 Å². The molecule has 0 spiro atoms. The van der Waals surface area contributed by atoms with Crippen LogP contribution >= 0.6 is 0 Å². The first-order chi connectivity index (χ1) is 14.3. The van der Waals surface area contributed by atoms with Crippen LogP contribution in [0.5, 0.6) is 11.5 Å². The minimum absolute atomic E-state index is 0.339. The van der Waals surface area contributed by atoms with Crippen molar-refractivity contribution in [3.05, 3.63) is 30.1 Å². The number of ether oxygens (including phenoxy) is 2. The van der Waals surface area contributed by atoms with E-state index >= 15 is 0 Å². The highest BCUT2D eigenvalue weighted by molar-refractivity contribution is 5.65. The molecule has 2 N–H and O–H groups in total. The van der Waals surface area contributed by atoms with Gasteiger partial charge in [0.15, 0.2) is 17.2 Å². The van der Waals surface area contributed by atoms with Crippen molar-refractivity contribution < 1.29 is 9.47 Å². The lowest BCUT2D eigenvalue weighted by Gasteiger charge is -2.25. The first-order valence-electron chi connectivity index (χ1n) is 10.2. The molecule has 1 unspecified atom stereocenters. The molecule has 0 aromatic carbocycles. The number of hydrogen-bond donors (Lipinski definition) is 2. The van der Waals surface area contributed by atoms with Gasteiger partial charge < -0.3 is 20.1 Å². The van der Waals surface area contributed by atoms with Gasteiger partial charge in [-0.25, -0.2) is 14.5 Å². The van der Waals surface area contributed by atoms with Gasteiger partial charge in [0.05, 0.1) is 26.1 Å². The predicted molar refractivity (Wildman–Crippen MR) is 111 cm³/mol. The first-order valence-corrected chi connectivity index (χ1v) is 10.2. The van der Waals surface area contributed by atoms with Crippen LogP contribution in [0.2, 0.25) is 0 Å². The molecule has 2 aliphatic rings. The number of nitrogens with zero attached hydrogens (tertiary/aromatic N) is 4. The molecule has 1 aliphatic heterocycles. The monoisotopic (exact) mass is 394 g/mol. The molecule has 8 heteroatoms. The summed E-state index contributed by atoms with van der Waals surface area (Å²) in [6.45, 7) is 2.00. The Hall–Kier alpha value is -2.87. The summed E-state index contributed by atoms with van der Waals surface area (Å²) in [4.78, 5) is 9.40. The summed E-state index contributed by atoms with van der Waals surface area (Å²) in [6, 6.07) is 6.20. The summed E-state index contributed by atoms with van der Waals surface area (Å²) < 4.78 is 12.9. The third-order valence-electron chi connectivity index (χ3n) is 5.65. The standard InChI is InChI=1S/C21H26N6O2/c1-28-17-8-7-15(25-21(17)24-14-4-3-9-22-11-14)16-12-23-19-10-18(29-2)20(13-5-6-13)26-27(16)19/h7-8,10,12-14,22H,3-6,9,11H2,1-2H3,(H,24,25). The predicted octanol–water partition coefficient (Wildman–Crippen LogP) is 2.85. The van der Waals surface area contributed by atoms with Crippen molar-refractivity contribution in [2.24, 2.45) is 0 Å². The summed E-state index contributed by atoms with van der Waals surface area (Å²) in [6.07, 6.45) is 6.40. The molecular weight excluding hydrogens is 368 g/mol. The highest BCUT2D eigenvalue weighted by atomic mass is 16.5. The molecular formula is C21H26N6O2. The Morgan fingerprint density at radius 1 is 1.14 bits per heavy atom. The van der Waals surface area contributed by atoms with E-state index in [2.05, 4.69) is 15.6 Å². The molecule has 3 aromatic rings. The zero-order chi connectivity index (χ0) is 19.8. The lowest BCUT2D eigenvalue weighted by atomic mass is 10.1. The van der Waals surface area contributed by atoms with Gasteiger partial charge in [0.25, 0.3) is 0 Å². The van der Waals surface area contributed by atoms with Crippen LogP contribution in [-0.4, -0.2) is 52.9 Å². The lowest BCUT2D eigenvalue weighted by molar-refractivity contribution is 0.405. The minimum atomic E-state index is 0.339. The van der Waals surface area contributed by atoms with Crippen LogP contribution in [0.1, 0.15) is 37.3 Å². The van der Waals surface area contributed by atoms with E-state index in [1.165, 1.54) is 0 Å².